The largest absolute Gasteiger partial charge is 0.447 e. The number of hydrogen-bond donors (Lipinski definition) is 1. The fourth-order valence-electron chi connectivity index (χ4n) is 4.56. The summed E-state index contributed by atoms with van der Waals surface area (Å²) in [6.07, 6.45) is -0.155. The second-order valence-electron chi connectivity index (χ2n) is 10.3. The number of imide groups is 1. The molecule has 4 atom stereocenters. The highest BCUT2D eigenvalue weighted by Crippen LogP contribution is 2.42. The summed E-state index contributed by atoms with van der Waals surface area (Å²) in [6, 6.07) is 19.3. The number of cyclic esters (lactones) is 1. The van der Waals surface area contributed by atoms with Crippen molar-refractivity contribution in [2.45, 2.75) is 70.5 Å². The molecule has 0 saturated carbocycles. The highest BCUT2D eigenvalue weighted by Gasteiger charge is 2.53. The van der Waals surface area contributed by atoms with Gasteiger partial charge in [-0.15, -0.1) is 0 Å². The van der Waals surface area contributed by atoms with E-state index < -0.39 is 23.5 Å². The number of ether oxygens (including phenoxy) is 3. The standard InChI is InChI=1S/C28H35NO6/c1-27(2,25(31)29-22(18-34-26(29)32)16-20-10-6-4-7-11-20)23(30)14-15-28(3)24(35-28)19-33-17-21-12-8-5-9-13-21/h4-13,22-24,30H,14-19H2,1-3H3/t22-,23-,24+,28-/m1/s1. The average Bonchev–Trinajstić information content (AvgIpc) is 3.36. The molecular formula is C28H35NO6. The molecule has 1 N–H and O–H groups in total. The fraction of sp³-hybridized carbons (Fsp3) is 0.500. The predicted molar refractivity (Wildman–Crippen MR) is 131 cm³/mol. The first-order chi connectivity index (χ1) is 16.7. The zero-order valence-electron chi connectivity index (χ0n) is 20.7. The number of aliphatic hydroxyl groups is 1. The molecule has 2 aromatic rings. The van der Waals surface area contributed by atoms with Crippen LogP contribution in [0.5, 0.6) is 0 Å². The lowest BCUT2D eigenvalue weighted by molar-refractivity contribution is -0.144. The van der Waals surface area contributed by atoms with Gasteiger partial charge < -0.3 is 19.3 Å². The van der Waals surface area contributed by atoms with Crippen LogP contribution in [0.25, 0.3) is 0 Å². The third-order valence-electron chi connectivity index (χ3n) is 7.21. The molecule has 188 valence electrons. The van der Waals surface area contributed by atoms with Crippen LogP contribution in [0.3, 0.4) is 0 Å². The van der Waals surface area contributed by atoms with Gasteiger partial charge in [0.05, 0.1) is 36.4 Å². The van der Waals surface area contributed by atoms with Crippen LogP contribution in [0, 0.1) is 5.41 Å². The third kappa shape index (κ3) is 5.92. The predicted octanol–water partition coefficient (Wildman–Crippen LogP) is 4.12. The monoisotopic (exact) mass is 481 g/mol. The molecule has 7 heteroatoms. The lowest BCUT2D eigenvalue weighted by atomic mass is 9.81. The Labute approximate surface area is 207 Å². The molecule has 7 nitrogen and oxygen atoms in total. The number of carbonyl (C=O) groups excluding carboxylic acids is 2. The summed E-state index contributed by atoms with van der Waals surface area (Å²) in [4.78, 5) is 27.0. The van der Waals surface area contributed by atoms with Gasteiger partial charge in [-0.3, -0.25) is 4.79 Å². The van der Waals surface area contributed by atoms with Crippen molar-refractivity contribution in [1.29, 1.82) is 0 Å². The Morgan fingerprint density at radius 2 is 1.77 bits per heavy atom. The average molecular weight is 482 g/mol. The van der Waals surface area contributed by atoms with Gasteiger partial charge in [0.25, 0.3) is 0 Å². The van der Waals surface area contributed by atoms with E-state index in [-0.39, 0.29) is 24.4 Å². The molecule has 2 saturated heterocycles. The van der Waals surface area contributed by atoms with Crippen LogP contribution in [0.2, 0.25) is 0 Å². The quantitative estimate of drug-likeness (QED) is 0.486. The van der Waals surface area contributed by atoms with Gasteiger partial charge in [-0.2, -0.15) is 0 Å². The molecule has 2 fully saturated rings. The second kappa shape index (κ2) is 10.5. The second-order valence-corrected chi connectivity index (χ2v) is 10.3. The van der Waals surface area contributed by atoms with Crippen molar-refractivity contribution in [3.8, 4) is 0 Å². The number of aliphatic hydroxyl groups excluding tert-OH is 1. The van der Waals surface area contributed by atoms with Gasteiger partial charge in [0.15, 0.2) is 0 Å². The van der Waals surface area contributed by atoms with E-state index in [0.717, 1.165) is 11.1 Å². The molecule has 2 aliphatic heterocycles. The van der Waals surface area contributed by atoms with Crippen molar-refractivity contribution in [2.24, 2.45) is 5.41 Å². The summed E-state index contributed by atoms with van der Waals surface area (Å²) in [5.41, 5.74) is 0.588. The van der Waals surface area contributed by atoms with Gasteiger partial charge in [0.2, 0.25) is 5.91 Å². The summed E-state index contributed by atoms with van der Waals surface area (Å²) in [5, 5.41) is 11.0. The number of rotatable bonds is 11. The molecule has 0 aromatic heterocycles. The Bertz CT molecular complexity index is 1010. The first kappa shape index (κ1) is 25.4. The summed E-state index contributed by atoms with van der Waals surface area (Å²) >= 11 is 0. The zero-order chi connectivity index (χ0) is 25.1. The molecule has 0 spiro atoms. The maximum absolute atomic E-state index is 13.4. The van der Waals surface area contributed by atoms with Crippen LogP contribution in [0.1, 0.15) is 44.7 Å². The van der Waals surface area contributed by atoms with Crippen molar-refractivity contribution >= 4 is 12.0 Å². The van der Waals surface area contributed by atoms with E-state index in [1.165, 1.54) is 4.90 Å². The number of nitrogens with zero attached hydrogens (tertiary/aromatic N) is 1. The van der Waals surface area contributed by atoms with E-state index in [1.807, 2.05) is 67.6 Å². The molecule has 2 aliphatic rings. The molecule has 0 bridgehead atoms. The summed E-state index contributed by atoms with van der Waals surface area (Å²) < 4.78 is 16.9. The Morgan fingerprint density at radius 3 is 2.43 bits per heavy atom. The van der Waals surface area contributed by atoms with E-state index in [2.05, 4.69) is 0 Å². The van der Waals surface area contributed by atoms with Crippen LogP contribution >= 0.6 is 0 Å². The van der Waals surface area contributed by atoms with Crippen LogP contribution in [-0.4, -0.2) is 59.1 Å². The maximum atomic E-state index is 13.4. The van der Waals surface area contributed by atoms with Crippen molar-refractivity contribution in [3.63, 3.8) is 0 Å². The Kier molecular flexibility index (Phi) is 7.59. The van der Waals surface area contributed by atoms with E-state index in [0.29, 0.717) is 32.5 Å². The number of epoxide rings is 1. The number of hydrogen-bond acceptors (Lipinski definition) is 6. The minimum absolute atomic E-state index is 0.0407. The van der Waals surface area contributed by atoms with Gasteiger partial charge in [0, 0.05) is 0 Å². The van der Waals surface area contributed by atoms with Crippen molar-refractivity contribution in [1.82, 2.24) is 4.90 Å². The SMILES string of the molecule is CC(C)(C(=O)N1C(=O)OC[C@H]1Cc1ccccc1)[C@H](O)CC[C@@]1(C)O[C@H]1COCc1ccccc1. The molecular weight excluding hydrogens is 446 g/mol. The third-order valence-corrected chi connectivity index (χ3v) is 7.21. The van der Waals surface area contributed by atoms with E-state index in [1.54, 1.807) is 13.8 Å². The molecule has 2 amide bonds. The summed E-state index contributed by atoms with van der Waals surface area (Å²) in [6.45, 7) is 6.52. The van der Waals surface area contributed by atoms with Gasteiger partial charge in [-0.25, -0.2) is 9.69 Å². The Morgan fingerprint density at radius 1 is 1.14 bits per heavy atom. The number of carbonyl (C=O) groups is 2. The topological polar surface area (TPSA) is 88.6 Å². The van der Waals surface area contributed by atoms with Crippen LogP contribution in [0.15, 0.2) is 60.7 Å². The van der Waals surface area contributed by atoms with E-state index in [9.17, 15) is 14.7 Å². The lowest BCUT2D eigenvalue weighted by Crippen LogP contribution is -2.51. The highest BCUT2D eigenvalue weighted by atomic mass is 16.6. The molecule has 35 heavy (non-hydrogen) atoms. The fourth-order valence-corrected chi connectivity index (χ4v) is 4.56. The molecule has 0 unspecified atom stereocenters. The van der Waals surface area contributed by atoms with Crippen molar-refractivity contribution in [2.75, 3.05) is 13.2 Å². The zero-order valence-corrected chi connectivity index (χ0v) is 20.7. The minimum atomic E-state index is -1.15. The number of benzene rings is 2. The Balaban J connectivity index is 1.28. The molecule has 2 aromatic carbocycles. The molecule has 2 heterocycles. The van der Waals surface area contributed by atoms with Crippen LogP contribution in [-0.2, 0) is 32.0 Å². The minimum Gasteiger partial charge on any atom is -0.447 e. The normalized spacial score (nSPS) is 24.8. The van der Waals surface area contributed by atoms with Crippen LogP contribution < -0.4 is 0 Å². The molecule has 0 aliphatic carbocycles. The van der Waals surface area contributed by atoms with Crippen molar-refractivity contribution in [3.05, 3.63) is 71.8 Å². The van der Waals surface area contributed by atoms with Gasteiger partial charge in [0.1, 0.15) is 12.7 Å². The number of amides is 2. The smallest absolute Gasteiger partial charge is 0.417 e. The summed E-state index contributed by atoms with van der Waals surface area (Å²) in [7, 11) is 0. The van der Waals surface area contributed by atoms with Gasteiger partial charge in [-0.05, 0) is 51.2 Å². The van der Waals surface area contributed by atoms with Gasteiger partial charge in [-0.1, -0.05) is 60.7 Å². The van der Waals surface area contributed by atoms with E-state index in [4.69, 9.17) is 14.2 Å². The van der Waals surface area contributed by atoms with E-state index >= 15 is 0 Å². The molecule has 4 rings (SSSR count). The Hall–Kier alpha value is -2.74. The van der Waals surface area contributed by atoms with Gasteiger partial charge >= 0.3 is 6.09 Å². The van der Waals surface area contributed by atoms with Crippen molar-refractivity contribution < 1.29 is 28.9 Å². The summed E-state index contributed by atoms with van der Waals surface area (Å²) in [5.74, 6) is -0.418. The maximum Gasteiger partial charge on any atom is 0.417 e. The van der Waals surface area contributed by atoms with Crippen LogP contribution in [0.4, 0.5) is 4.79 Å². The molecule has 0 radical (unpaired) electrons. The highest BCUT2D eigenvalue weighted by molar-refractivity contribution is 5.96. The lowest BCUT2D eigenvalue weighted by Gasteiger charge is -2.34. The first-order valence-corrected chi connectivity index (χ1v) is 12.2. The first-order valence-electron chi connectivity index (χ1n) is 12.2.